The molecular formula is C48H47FN8O11S. The summed E-state index contributed by atoms with van der Waals surface area (Å²) in [6.45, 7) is 2.26. The smallest absolute Gasteiger partial charge is 0.264 e. The van der Waals surface area contributed by atoms with Crippen LogP contribution in [0, 0.1) is 5.82 Å². The normalized spacial score (nSPS) is 15.6. The maximum absolute atomic E-state index is 15.6. The van der Waals surface area contributed by atoms with E-state index in [1.54, 1.807) is 30.3 Å². The number of imide groups is 2. The first-order valence-electron chi connectivity index (χ1n) is 22.0. The van der Waals surface area contributed by atoms with Gasteiger partial charge < -0.3 is 35.9 Å². The van der Waals surface area contributed by atoms with E-state index in [0.29, 0.717) is 53.1 Å². The maximum Gasteiger partial charge on any atom is 0.264 e. The molecule has 6 amide bonds. The first kappa shape index (κ1) is 47.9. The molecule has 1 unspecified atom stereocenters. The molecule has 21 heteroatoms. The van der Waals surface area contributed by atoms with Crippen molar-refractivity contribution in [1.82, 2.24) is 20.5 Å². The molecule has 8 rings (SSSR count). The molecule has 0 radical (unpaired) electrons. The number of benzene rings is 4. The van der Waals surface area contributed by atoms with Crippen molar-refractivity contribution in [3.63, 3.8) is 0 Å². The Morgan fingerprint density at radius 3 is 2.26 bits per heavy atom. The van der Waals surface area contributed by atoms with E-state index in [4.69, 9.17) is 19.9 Å². The summed E-state index contributed by atoms with van der Waals surface area (Å²) in [5.74, 6) is -3.37. The van der Waals surface area contributed by atoms with Crippen LogP contribution in [0.2, 0.25) is 0 Å². The van der Waals surface area contributed by atoms with Gasteiger partial charge in [0.05, 0.1) is 62.1 Å². The molecular weight excluding hydrogens is 916 g/mol. The van der Waals surface area contributed by atoms with Gasteiger partial charge in [0, 0.05) is 65.0 Å². The summed E-state index contributed by atoms with van der Waals surface area (Å²) in [7, 11) is -4.21. The van der Waals surface area contributed by atoms with Crippen LogP contribution in [0.3, 0.4) is 0 Å². The van der Waals surface area contributed by atoms with Crippen molar-refractivity contribution in [2.24, 2.45) is 0 Å². The van der Waals surface area contributed by atoms with Gasteiger partial charge in [-0.05, 0) is 84.6 Å². The first-order valence-corrected chi connectivity index (χ1v) is 23.5. The molecule has 1 aromatic heterocycles. The van der Waals surface area contributed by atoms with Crippen LogP contribution in [0.25, 0.3) is 22.3 Å². The third kappa shape index (κ3) is 11.1. The fourth-order valence-corrected chi connectivity index (χ4v) is 9.10. The maximum atomic E-state index is 15.6. The van der Waals surface area contributed by atoms with Crippen LogP contribution in [0.5, 0.6) is 0 Å². The highest BCUT2D eigenvalue weighted by molar-refractivity contribution is 7.92. The number of nitrogens with zero attached hydrogens (tertiary/aromatic N) is 2. The molecule has 7 N–H and O–H groups in total. The minimum atomic E-state index is -4.21. The second kappa shape index (κ2) is 21.1. The summed E-state index contributed by atoms with van der Waals surface area (Å²) < 4.78 is 61.1. The number of rotatable bonds is 20. The number of halogens is 1. The molecule has 5 aromatic rings. The fourth-order valence-electron chi connectivity index (χ4n) is 8.03. The van der Waals surface area contributed by atoms with E-state index in [2.05, 4.69) is 31.0 Å². The number of nitrogen functional groups attached to an aromatic ring is 1. The molecule has 0 aliphatic carbocycles. The number of carbonyl (C=O) groups is 6. The Bertz CT molecular complexity index is 2950. The van der Waals surface area contributed by atoms with E-state index in [0.717, 1.165) is 16.5 Å². The second-order valence-corrected chi connectivity index (χ2v) is 17.8. The van der Waals surface area contributed by atoms with Crippen LogP contribution in [0.15, 0.2) is 96.0 Å². The molecule has 19 nitrogen and oxygen atoms in total. The predicted octanol–water partition coefficient (Wildman–Crippen LogP) is 4.12. The van der Waals surface area contributed by atoms with E-state index in [9.17, 15) is 37.2 Å². The number of hydrogen-bond acceptors (Lipinski definition) is 14. The number of piperidine rings is 1. The van der Waals surface area contributed by atoms with Crippen molar-refractivity contribution in [2.45, 2.75) is 36.6 Å². The minimum Gasteiger partial charge on any atom is -0.383 e. The standard InChI is InChI=1S/C48H47FN8O11S/c49-38-26-33(9-11-34(38)30-25-37(44(50)53-27-30)28-4-10-35-29(24-28)14-16-52-45(35)60)69(64,65)56-32-7-5-31(6-8-32)54-42(59)15-18-66-20-22-68-23-21-67-19-17-51-39-3-1-2-36-43(39)48(63)57(47(36)62)40-12-13-41(58)55-46(40)61/h1-11,24-27,40,51,56H,12-23H2,(H2,50,53)(H,52,60)(H,54,59)(H,55,58,61). The van der Waals surface area contributed by atoms with E-state index in [-0.39, 0.29) is 104 Å². The highest BCUT2D eigenvalue weighted by atomic mass is 32.2. The molecule has 69 heavy (non-hydrogen) atoms. The molecule has 0 bridgehead atoms. The zero-order chi connectivity index (χ0) is 48.7. The monoisotopic (exact) mass is 962 g/mol. The fraction of sp³-hybridized carbons (Fsp3) is 0.271. The van der Waals surface area contributed by atoms with Gasteiger partial charge >= 0.3 is 0 Å². The molecule has 3 aliphatic rings. The van der Waals surface area contributed by atoms with Gasteiger partial charge in [-0.25, -0.2) is 17.8 Å². The topological polar surface area (TPSA) is 267 Å². The Morgan fingerprint density at radius 2 is 1.51 bits per heavy atom. The molecule has 358 valence electrons. The van der Waals surface area contributed by atoms with Crippen molar-refractivity contribution in [3.8, 4) is 22.3 Å². The highest BCUT2D eigenvalue weighted by Crippen LogP contribution is 2.35. The Hall–Kier alpha value is -7.59. The van der Waals surface area contributed by atoms with Gasteiger partial charge in [-0.15, -0.1) is 0 Å². The average Bonchev–Trinajstić information content (AvgIpc) is 3.58. The highest BCUT2D eigenvalue weighted by Gasteiger charge is 2.45. The van der Waals surface area contributed by atoms with Crippen molar-refractivity contribution >= 4 is 68.3 Å². The summed E-state index contributed by atoms with van der Waals surface area (Å²) in [6.07, 6.45) is 2.21. The third-order valence-electron chi connectivity index (χ3n) is 11.5. The van der Waals surface area contributed by atoms with Gasteiger partial charge in [-0.2, -0.15) is 0 Å². The van der Waals surface area contributed by atoms with Gasteiger partial charge in [0.15, 0.2) is 0 Å². The first-order chi connectivity index (χ1) is 33.3. The lowest BCUT2D eigenvalue weighted by molar-refractivity contribution is -0.136. The molecule has 0 spiro atoms. The zero-order valence-corrected chi connectivity index (χ0v) is 37.8. The van der Waals surface area contributed by atoms with Crippen LogP contribution in [-0.4, -0.2) is 113 Å². The largest absolute Gasteiger partial charge is 0.383 e. The van der Waals surface area contributed by atoms with E-state index >= 15 is 4.39 Å². The van der Waals surface area contributed by atoms with Crippen LogP contribution < -0.4 is 31.7 Å². The van der Waals surface area contributed by atoms with Gasteiger partial charge in [0.25, 0.3) is 27.7 Å². The summed E-state index contributed by atoms with van der Waals surface area (Å²) >= 11 is 0. The average molecular weight is 963 g/mol. The molecule has 1 saturated heterocycles. The Balaban J connectivity index is 0.708. The number of sulfonamides is 1. The van der Waals surface area contributed by atoms with Crippen molar-refractivity contribution < 1.29 is 55.8 Å². The Kier molecular flexibility index (Phi) is 14.7. The molecule has 4 heterocycles. The minimum absolute atomic E-state index is 0.0329. The third-order valence-corrected chi connectivity index (χ3v) is 12.9. The molecule has 1 atom stereocenters. The number of nitrogens with two attached hydrogens (primary N) is 1. The van der Waals surface area contributed by atoms with Crippen LogP contribution in [0.1, 0.15) is 55.9 Å². The van der Waals surface area contributed by atoms with Crippen molar-refractivity contribution in [2.75, 3.05) is 73.8 Å². The molecule has 3 aliphatic heterocycles. The number of carbonyl (C=O) groups excluding carboxylic acids is 6. The lowest BCUT2D eigenvalue weighted by atomic mass is 9.94. The number of nitrogens with one attached hydrogen (secondary N) is 5. The number of amides is 6. The Labute approximate surface area is 395 Å². The SMILES string of the molecule is Nc1ncc(-c2ccc(S(=O)(=O)Nc3ccc(NC(=O)CCOCCOCCOCCNc4cccc5c4C(=O)N(C4CCC(=O)NC4=O)C5=O)cc3)cc2F)cc1-c1ccc2c(c1)CCNC2=O. The number of pyridine rings is 1. The number of anilines is 4. The van der Waals surface area contributed by atoms with Gasteiger partial charge in [0.1, 0.15) is 17.7 Å². The quantitative estimate of drug-likeness (QED) is 0.0474. The van der Waals surface area contributed by atoms with E-state index in [1.807, 2.05) is 6.07 Å². The van der Waals surface area contributed by atoms with Crippen LogP contribution in [0.4, 0.5) is 27.3 Å². The van der Waals surface area contributed by atoms with Crippen molar-refractivity contribution in [1.29, 1.82) is 0 Å². The lowest BCUT2D eigenvalue weighted by Crippen LogP contribution is -2.54. The lowest BCUT2D eigenvalue weighted by Gasteiger charge is -2.27. The second-order valence-electron chi connectivity index (χ2n) is 16.1. The van der Waals surface area contributed by atoms with Crippen molar-refractivity contribution in [3.05, 3.63) is 119 Å². The van der Waals surface area contributed by atoms with Crippen LogP contribution in [-0.2, 0) is 45.0 Å². The summed E-state index contributed by atoms with van der Waals surface area (Å²) in [5.41, 5.74) is 10.8. The van der Waals surface area contributed by atoms with Gasteiger partial charge in [-0.1, -0.05) is 24.3 Å². The van der Waals surface area contributed by atoms with Gasteiger partial charge in [0.2, 0.25) is 17.7 Å². The predicted molar refractivity (Wildman–Crippen MR) is 250 cm³/mol. The molecule has 0 saturated carbocycles. The zero-order valence-electron chi connectivity index (χ0n) is 37.0. The Morgan fingerprint density at radius 1 is 0.783 bits per heavy atom. The summed E-state index contributed by atoms with van der Waals surface area (Å²) in [5, 5.41) is 10.8. The molecule has 1 fully saturated rings. The number of fused-ring (bicyclic) bond motifs is 2. The number of aromatic nitrogens is 1. The van der Waals surface area contributed by atoms with Crippen LogP contribution >= 0.6 is 0 Å². The van der Waals surface area contributed by atoms with E-state index in [1.165, 1.54) is 48.7 Å². The number of ether oxygens (including phenoxy) is 3. The van der Waals surface area contributed by atoms with Gasteiger partial charge in [-0.3, -0.25) is 43.7 Å². The molecule has 4 aromatic carbocycles. The van der Waals surface area contributed by atoms with E-state index < -0.39 is 45.5 Å². The summed E-state index contributed by atoms with van der Waals surface area (Å²) in [4.78, 5) is 79.7. The number of hydrogen-bond donors (Lipinski definition) is 6. The summed E-state index contributed by atoms with van der Waals surface area (Å²) in [6, 6.07) is 20.3.